The van der Waals surface area contributed by atoms with Gasteiger partial charge in [0.25, 0.3) is 0 Å². The number of aliphatic imine (C=N–C) groups is 1. The smallest absolute Gasteiger partial charge is 0.240 e. The largest absolute Gasteiger partial charge is 0.357 e. The van der Waals surface area contributed by atoms with E-state index in [4.69, 9.17) is 6.42 Å². The van der Waals surface area contributed by atoms with Gasteiger partial charge in [0, 0.05) is 13.1 Å². The average molecular weight is 336 g/mol. The van der Waals surface area contributed by atoms with E-state index in [1.165, 1.54) is 0 Å². The summed E-state index contributed by atoms with van der Waals surface area (Å²) in [5.41, 5.74) is 1.62. The van der Waals surface area contributed by atoms with Gasteiger partial charge in [-0.25, -0.2) is 13.1 Å². The number of hydrogen-bond donors (Lipinski definition) is 3. The maximum absolute atomic E-state index is 12.3. The van der Waals surface area contributed by atoms with Crippen molar-refractivity contribution in [2.75, 3.05) is 26.2 Å². The van der Waals surface area contributed by atoms with Crippen LogP contribution in [0.15, 0.2) is 28.1 Å². The van der Waals surface area contributed by atoms with Crippen molar-refractivity contribution >= 4 is 16.0 Å². The Balaban J connectivity index is 2.66. The summed E-state index contributed by atoms with van der Waals surface area (Å²) in [5.74, 6) is 3.03. The first-order valence-corrected chi connectivity index (χ1v) is 8.91. The molecule has 0 heterocycles. The predicted octanol–water partition coefficient (Wildman–Crippen LogP) is 0.770. The van der Waals surface area contributed by atoms with Crippen LogP contribution in [0, 0.1) is 26.2 Å². The van der Waals surface area contributed by atoms with Gasteiger partial charge in [-0.1, -0.05) is 18.1 Å². The maximum Gasteiger partial charge on any atom is 0.240 e. The molecule has 23 heavy (non-hydrogen) atoms. The molecule has 3 N–H and O–H groups in total. The van der Waals surface area contributed by atoms with Crippen LogP contribution in [0.3, 0.4) is 0 Å². The zero-order chi connectivity index (χ0) is 17.3. The van der Waals surface area contributed by atoms with Crippen molar-refractivity contribution in [1.29, 1.82) is 0 Å². The van der Waals surface area contributed by atoms with Crippen LogP contribution in [0.4, 0.5) is 0 Å². The normalized spacial score (nSPS) is 11.8. The van der Waals surface area contributed by atoms with E-state index in [0.717, 1.165) is 11.1 Å². The van der Waals surface area contributed by atoms with Crippen LogP contribution in [0.5, 0.6) is 0 Å². The molecule has 0 unspecified atom stereocenters. The molecule has 0 saturated carbocycles. The lowest BCUT2D eigenvalue weighted by atomic mass is 10.2. The summed E-state index contributed by atoms with van der Waals surface area (Å²) in [4.78, 5) is 4.56. The summed E-state index contributed by atoms with van der Waals surface area (Å²) in [6.45, 7) is 7.16. The van der Waals surface area contributed by atoms with Gasteiger partial charge < -0.3 is 10.6 Å². The molecule has 0 fully saturated rings. The Morgan fingerprint density at radius 2 is 2.04 bits per heavy atom. The van der Waals surface area contributed by atoms with Crippen molar-refractivity contribution in [3.8, 4) is 12.3 Å². The molecule has 0 radical (unpaired) electrons. The number of nitrogens with zero attached hydrogens (tertiary/aromatic N) is 1. The number of sulfonamides is 1. The second-order valence-corrected chi connectivity index (χ2v) is 6.72. The summed E-state index contributed by atoms with van der Waals surface area (Å²) < 4.78 is 27.2. The van der Waals surface area contributed by atoms with Crippen molar-refractivity contribution in [3.05, 3.63) is 29.3 Å². The summed E-state index contributed by atoms with van der Waals surface area (Å²) in [7, 11) is -3.53. The topological polar surface area (TPSA) is 82.6 Å². The van der Waals surface area contributed by atoms with Crippen molar-refractivity contribution < 1.29 is 8.42 Å². The van der Waals surface area contributed by atoms with Gasteiger partial charge >= 0.3 is 0 Å². The molecular formula is C16H24N4O2S. The van der Waals surface area contributed by atoms with Gasteiger partial charge in [-0.15, -0.1) is 6.42 Å². The first-order valence-electron chi connectivity index (χ1n) is 7.43. The molecule has 0 amide bonds. The minimum absolute atomic E-state index is 0.211. The van der Waals surface area contributed by atoms with E-state index in [1.54, 1.807) is 19.1 Å². The quantitative estimate of drug-likeness (QED) is 0.297. The molecular weight excluding hydrogens is 312 g/mol. The third kappa shape index (κ3) is 6.30. The van der Waals surface area contributed by atoms with Crippen molar-refractivity contribution in [2.45, 2.75) is 25.7 Å². The molecule has 0 aliphatic heterocycles. The van der Waals surface area contributed by atoms with Crippen LogP contribution in [-0.4, -0.2) is 40.6 Å². The second-order valence-electron chi connectivity index (χ2n) is 4.99. The zero-order valence-corrected chi connectivity index (χ0v) is 14.6. The number of aryl methyl sites for hydroxylation is 2. The molecule has 6 nitrogen and oxygen atoms in total. The lowest BCUT2D eigenvalue weighted by Gasteiger charge is -2.11. The molecule has 0 bridgehead atoms. The SMILES string of the molecule is C#CCNC(=NCCNS(=O)(=O)c1cc(C)ccc1C)NCC. The van der Waals surface area contributed by atoms with Crippen LogP contribution in [0.2, 0.25) is 0 Å². The molecule has 1 aromatic carbocycles. The monoisotopic (exact) mass is 336 g/mol. The van der Waals surface area contributed by atoms with Crippen molar-refractivity contribution in [3.63, 3.8) is 0 Å². The number of hydrogen-bond acceptors (Lipinski definition) is 3. The summed E-state index contributed by atoms with van der Waals surface area (Å²) in [6, 6.07) is 5.35. The number of rotatable bonds is 7. The van der Waals surface area contributed by atoms with E-state index in [0.29, 0.717) is 30.5 Å². The summed E-state index contributed by atoms with van der Waals surface area (Å²) in [6.07, 6.45) is 5.19. The van der Waals surface area contributed by atoms with Gasteiger partial charge in [0.1, 0.15) is 0 Å². The molecule has 126 valence electrons. The Morgan fingerprint density at radius 3 is 2.70 bits per heavy atom. The predicted molar refractivity (Wildman–Crippen MR) is 93.9 cm³/mol. The number of benzene rings is 1. The Kier molecular flexibility index (Phi) is 7.59. The number of nitrogens with one attached hydrogen (secondary N) is 3. The highest BCUT2D eigenvalue weighted by molar-refractivity contribution is 7.89. The Labute approximate surface area is 138 Å². The van der Waals surface area contributed by atoms with E-state index < -0.39 is 10.0 Å². The van der Waals surface area contributed by atoms with Crippen LogP contribution in [0.1, 0.15) is 18.1 Å². The first-order chi connectivity index (χ1) is 10.9. The molecule has 7 heteroatoms. The minimum atomic E-state index is -3.53. The lowest BCUT2D eigenvalue weighted by Crippen LogP contribution is -2.38. The molecule has 0 aromatic heterocycles. The highest BCUT2D eigenvalue weighted by Gasteiger charge is 2.16. The van der Waals surface area contributed by atoms with E-state index in [9.17, 15) is 8.42 Å². The Bertz CT molecular complexity index is 691. The van der Waals surface area contributed by atoms with Crippen LogP contribution < -0.4 is 15.4 Å². The molecule has 1 aromatic rings. The Morgan fingerprint density at radius 1 is 1.30 bits per heavy atom. The molecule has 0 atom stereocenters. The minimum Gasteiger partial charge on any atom is -0.357 e. The fourth-order valence-corrected chi connectivity index (χ4v) is 3.25. The van der Waals surface area contributed by atoms with Crippen LogP contribution in [-0.2, 0) is 10.0 Å². The maximum atomic E-state index is 12.3. The fourth-order valence-electron chi connectivity index (χ4n) is 1.90. The first kappa shape index (κ1) is 19.0. The van der Waals surface area contributed by atoms with Crippen molar-refractivity contribution in [1.82, 2.24) is 15.4 Å². The molecule has 1 rings (SSSR count). The standard InChI is InChI=1S/C16H24N4O2S/c1-5-9-18-16(17-6-2)19-10-11-20-23(21,22)15-12-13(3)7-8-14(15)4/h1,7-8,12,20H,6,9-11H2,2-4H3,(H2,17,18,19). The van der Waals surface area contributed by atoms with Gasteiger partial charge in [0.2, 0.25) is 10.0 Å². The van der Waals surface area contributed by atoms with E-state index >= 15 is 0 Å². The van der Waals surface area contributed by atoms with Gasteiger partial charge in [-0.05, 0) is 38.0 Å². The highest BCUT2D eigenvalue weighted by atomic mass is 32.2. The second kappa shape index (κ2) is 9.18. The van der Waals surface area contributed by atoms with E-state index in [-0.39, 0.29) is 6.54 Å². The van der Waals surface area contributed by atoms with E-state index in [2.05, 4.69) is 26.3 Å². The van der Waals surface area contributed by atoms with Gasteiger partial charge in [0.15, 0.2) is 5.96 Å². The van der Waals surface area contributed by atoms with Crippen molar-refractivity contribution in [2.24, 2.45) is 4.99 Å². The van der Waals surface area contributed by atoms with Crippen LogP contribution in [0.25, 0.3) is 0 Å². The Hall–Kier alpha value is -2.04. The third-order valence-corrected chi connectivity index (χ3v) is 4.61. The average Bonchev–Trinajstić information content (AvgIpc) is 2.51. The van der Waals surface area contributed by atoms with Gasteiger partial charge in [-0.3, -0.25) is 4.99 Å². The fraction of sp³-hybridized carbons (Fsp3) is 0.438. The molecule has 0 aliphatic rings. The molecule has 0 aliphatic carbocycles. The number of guanidine groups is 1. The third-order valence-electron chi connectivity index (χ3n) is 3.01. The lowest BCUT2D eigenvalue weighted by molar-refractivity contribution is 0.581. The molecule has 0 saturated heterocycles. The van der Waals surface area contributed by atoms with Gasteiger partial charge in [-0.2, -0.15) is 0 Å². The molecule has 0 spiro atoms. The summed E-state index contributed by atoms with van der Waals surface area (Å²) in [5, 5.41) is 5.97. The van der Waals surface area contributed by atoms with Crippen LogP contribution >= 0.6 is 0 Å². The zero-order valence-electron chi connectivity index (χ0n) is 13.8. The van der Waals surface area contributed by atoms with Gasteiger partial charge in [0.05, 0.1) is 18.0 Å². The number of terminal acetylenes is 1. The van der Waals surface area contributed by atoms with E-state index in [1.807, 2.05) is 19.9 Å². The highest BCUT2D eigenvalue weighted by Crippen LogP contribution is 2.16. The summed E-state index contributed by atoms with van der Waals surface area (Å²) >= 11 is 0.